The summed E-state index contributed by atoms with van der Waals surface area (Å²) in [5, 5.41) is 0. The third kappa shape index (κ3) is 4.45. The van der Waals surface area contributed by atoms with E-state index in [4.69, 9.17) is 9.78 Å². The SMILES string of the molecule is CCCC(C)C(=O)OOCc1ccccc1. The van der Waals surface area contributed by atoms with Gasteiger partial charge < -0.3 is 0 Å². The molecule has 0 aliphatic heterocycles. The largest absolute Gasteiger partial charge is 0.345 e. The van der Waals surface area contributed by atoms with Gasteiger partial charge in [0.2, 0.25) is 0 Å². The van der Waals surface area contributed by atoms with Crippen molar-refractivity contribution in [1.82, 2.24) is 0 Å². The average Bonchev–Trinajstić information content (AvgIpc) is 2.30. The van der Waals surface area contributed by atoms with Crippen molar-refractivity contribution in [2.45, 2.75) is 33.3 Å². The molecule has 88 valence electrons. The van der Waals surface area contributed by atoms with E-state index in [2.05, 4.69) is 0 Å². The van der Waals surface area contributed by atoms with Gasteiger partial charge in [0, 0.05) is 0 Å². The van der Waals surface area contributed by atoms with Gasteiger partial charge in [0.05, 0.1) is 5.92 Å². The van der Waals surface area contributed by atoms with Crippen LogP contribution < -0.4 is 0 Å². The molecule has 0 saturated carbocycles. The Hall–Kier alpha value is -1.35. The summed E-state index contributed by atoms with van der Waals surface area (Å²) in [7, 11) is 0. The van der Waals surface area contributed by atoms with E-state index in [1.165, 1.54) is 0 Å². The summed E-state index contributed by atoms with van der Waals surface area (Å²) >= 11 is 0. The maximum absolute atomic E-state index is 11.4. The van der Waals surface area contributed by atoms with Crippen LogP contribution in [0.2, 0.25) is 0 Å². The highest BCUT2D eigenvalue weighted by Crippen LogP contribution is 2.08. The fraction of sp³-hybridized carbons (Fsp3) is 0.462. The van der Waals surface area contributed by atoms with E-state index in [1.807, 2.05) is 44.2 Å². The molecule has 16 heavy (non-hydrogen) atoms. The average molecular weight is 222 g/mol. The van der Waals surface area contributed by atoms with Crippen LogP contribution in [0.15, 0.2) is 30.3 Å². The molecule has 0 fully saturated rings. The van der Waals surface area contributed by atoms with Gasteiger partial charge in [-0.05, 0) is 12.0 Å². The third-order valence-corrected chi connectivity index (χ3v) is 2.33. The Balaban J connectivity index is 2.23. The molecule has 3 heteroatoms. The van der Waals surface area contributed by atoms with E-state index in [9.17, 15) is 4.79 Å². The zero-order valence-electron chi connectivity index (χ0n) is 9.81. The van der Waals surface area contributed by atoms with Crippen molar-refractivity contribution in [3.8, 4) is 0 Å². The lowest BCUT2D eigenvalue weighted by atomic mass is 10.1. The Morgan fingerprint density at radius 3 is 2.62 bits per heavy atom. The summed E-state index contributed by atoms with van der Waals surface area (Å²) in [4.78, 5) is 21.0. The topological polar surface area (TPSA) is 35.5 Å². The lowest BCUT2D eigenvalue weighted by Crippen LogP contribution is -2.14. The number of carbonyl (C=O) groups excluding carboxylic acids is 1. The summed E-state index contributed by atoms with van der Waals surface area (Å²) in [5.41, 5.74) is 0.985. The minimum atomic E-state index is -0.294. The highest BCUT2D eigenvalue weighted by molar-refractivity contribution is 5.71. The van der Waals surface area contributed by atoms with Crippen molar-refractivity contribution in [3.63, 3.8) is 0 Å². The second kappa shape index (κ2) is 7.01. The molecule has 1 rings (SSSR count). The molecule has 0 bridgehead atoms. The summed E-state index contributed by atoms with van der Waals surface area (Å²) in [5.74, 6) is -0.390. The van der Waals surface area contributed by atoms with E-state index < -0.39 is 0 Å². The molecule has 0 aliphatic carbocycles. The zero-order valence-corrected chi connectivity index (χ0v) is 9.81. The monoisotopic (exact) mass is 222 g/mol. The van der Waals surface area contributed by atoms with Gasteiger partial charge in [-0.1, -0.05) is 50.6 Å². The maximum atomic E-state index is 11.4. The van der Waals surface area contributed by atoms with Crippen molar-refractivity contribution in [2.75, 3.05) is 0 Å². The van der Waals surface area contributed by atoms with Gasteiger partial charge in [-0.25, -0.2) is 4.79 Å². The Bertz CT molecular complexity index is 308. The summed E-state index contributed by atoms with van der Waals surface area (Å²) < 4.78 is 0. The number of hydrogen-bond acceptors (Lipinski definition) is 3. The van der Waals surface area contributed by atoms with Gasteiger partial charge in [0.15, 0.2) is 0 Å². The lowest BCUT2D eigenvalue weighted by Gasteiger charge is -2.08. The van der Waals surface area contributed by atoms with Crippen LogP contribution in [0.4, 0.5) is 0 Å². The molecule has 1 aromatic rings. The van der Waals surface area contributed by atoms with Crippen LogP contribution in [-0.4, -0.2) is 5.97 Å². The molecule has 1 unspecified atom stereocenters. The number of benzene rings is 1. The molecule has 0 aliphatic rings. The highest BCUT2D eigenvalue weighted by atomic mass is 17.2. The molecule has 0 radical (unpaired) electrons. The van der Waals surface area contributed by atoms with Gasteiger partial charge in [-0.15, -0.1) is 0 Å². The van der Waals surface area contributed by atoms with Crippen LogP contribution in [0.25, 0.3) is 0 Å². The van der Waals surface area contributed by atoms with Gasteiger partial charge in [0.1, 0.15) is 6.61 Å². The van der Waals surface area contributed by atoms with Crippen molar-refractivity contribution in [1.29, 1.82) is 0 Å². The van der Waals surface area contributed by atoms with Crippen LogP contribution >= 0.6 is 0 Å². The number of hydrogen-bond donors (Lipinski definition) is 0. The first-order valence-electron chi connectivity index (χ1n) is 5.61. The van der Waals surface area contributed by atoms with Crippen LogP contribution in [0.5, 0.6) is 0 Å². The van der Waals surface area contributed by atoms with Crippen molar-refractivity contribution in [3.05, 3.63) is 35.9 Å². The predicted molar refractivity (Wildman–Crippen MR) is 61.4 cm³/mol. The van der Waals surface area contributed by atoms with Crippen molar-refractivity contribution in [2.24, 2.45) is 5.92 Å². The quantitative estimate of drug-likeness (QED) is 0.548. The summed E-state index contributed by atoms with van der Waals surface area (Å²) in [6, 6.07) is 9.60. The van der Waals surface area contributed by atoms with E-state index >= 15 is 0 Å². The minimum absolute atomic E-state index is 0.0965. The van der Waals surface area contributed by atoms with Gasteiger partial charge >= 0.3 is 5.97 Å². The summed E-state index contributed by atoms with van der Waals surface area (Å²) in [6.07, 6.45) is 1.79. The Labute approximate surface area is 96.3 Å². The molecular weight excluding hydrogens is 204 g/mol. The van der Waals surface area contributed by atoms with Crippen LogP contribution in [0.1, 0.15) is 32.3 Å². The maximum Gasteiger partial charge on any atom is 0.345 e. The molecule has 0 amide bonds. The van der Waals surface area contributed by atoms with E-state index in [0.29, 0.717) is 6.61 Å². The van der Waals surface area contributed by atoms with Gasteiger partial charge in [0.25, 0.3) is 0 Å². The van der Waals surface area contributed by atoms with Crippen molar-refractivity contribution >= 4 is 5.97 Å². The molecule has 0 heterocycles. The first-order valence-corrected chi connectivity index (χ1v) is 5.61. The fourth-order valence-corrected chi connectivity index (χ4v) is 1.36. The Morgan fingerprint density at radius 2 is 2.00 bits per heavy atom. The molecule has 0 aromatic heterocycles. The number of rotatable bonds is 6. The molecule has 0 N–H and O–H groups in total. The van der Waals surface area contributed by atoms with Crippen LogP contribution in [-0.2, 0) is 21.2 Å². The smallest absolute Gasteiger partial charge is 0.298 e. The molecule has 0 saturated heterocycles. The van der Waals surface area contributed by atoms with Gasteiger partial charge in [-0.3, -0.25) is 4.89 Å². The van der Waals surface area contributed by atoms with Gasteiger partial charge in [-0.2, -0.15) is 4.89 Å². The second-order valence-corrected chi connectivity index (χ2v) is 3.84. The van der Waals surface area contributed by atoms with E-state index in [1.54, 1.807) is 0 Å². The van der Waals surface area contributed by atoms with Crippen LogP contribution in [0.3, 0.4) is 0 Å². The third-order valence-electron chi connectivity index (χ3n) is 2.33. The fourth-order valence-electron chi connectivity index (χ4n) is 1.36. The minimum Gasteiger partial charge on any atom is -0.298 e. The number of carbonyl (C=O) groups is 1. The Morgan fingerprint density at radius 1 is 1.31 bits per heavy atom. The second-order valence-electron chi connectivity index (χ2n) is 3.84. The molecule has 1 aromatic carbocycles. The van der Waals surface area contributed by atoms with E-state index in [0.717, 1.165) is 18.4 Å². The van der Waals surface area contributed by atoms with E-state index in [-0.39, 0.29) is 11.9 Å². The molecule has 0 spiro atoms. The van der Waals surface area contributed by atoms with Crippen molar-refractivity contribution < 1.29 is 14.6 Å². The molecule has 1 atom stereocenters. The first kappa shape index (κ1) is 12.7. The normalized spacial score (nSPS) is 12.1. The molecular formula is C13H18O3. The summed E-state index contributed by atoms with van der Waals surface area (Å²) in [6.45, 7) is 4.18. The standard InChI is InChI=1S/C13H18O3/c1-3-7-11(2)13(14)16-15-10-12-8-5-4-6-9-12/h4-6,8-9,11H,3,7,10H2,1-2H3. The highest BCUT2D eigenvalue weighted by Gasteiger charge is 2.14. The molecule has 3 nitrogen and oxygen atoms in total. The van der Waals surface area contributed by atoms with Crippen LogP contribution in [0, 0.1) is 5.92 Å². The predicted octanol–water partition coefficient (Wildman–Crippen LogP) is 3.10. The zero-order chi connectivity index (χ0) is 11.8. The first-order chi connectivity index (χ1) is 7.74. The Kier molecular flexibility index (Phi) is 5.57. The lowest BCUT2D eigenvalue weighted by molar-refractivity contribution is -0.283.